The standard InChI is InChI=1S/C18H27BBrNO4/c1-16(2,3)23-15(22)21-14(12-9-8-10-13(20)11-12)19-24-17(4,5)18(6,7)25-19/h8-11,14H,1-7H3,(H,21,22)/t14-/m0/s1. The van der Waals surface area contributed by atoms with Crippen LogP contribution >= 0.6 is 15.9 Å². The van der Waals surface area contributed by atoms with Crippen molar-refractivity contribution in [2.24, 2.45) is 0 Å². The second kappa shape index (κ2) is 6.93. The van der Waals surface area contributed by atoms with Crippen molar-refractivity contribution >= 4 is 29.1 Å². The van der Waals surface area contributed by atoms with Crippen molar-refractivity contribution in [3.8, 4) is 0 Å². The van der Waals surface area contributed by atoms with E-state index in [2.05, 4.69) is 21.2 Å². The molecule has 0 spiro atoms. The minimum Gasteiger partial charge on any atom is -0.444 e. The molecule has 25 heavy (non-hydrogen) atoms. The monoisotopic (exact) mass is 411 g/mol. The van der Waals surface area contributed by atoms with Gasteiger partial charge in [-0.25, -0.2) is 4.79 Å². The van der Waals surface area contributed by atoms with Crippen LogP contribution in [-0.4, -0.2) is 30.0 Å². The Morgan fingerprint density at radius 2 is 1.76 bits per heavy atom. The van der Waals surface area contributed by atoms with Gasteiger partial charge in [-0.3, -0.25) is 0 Å². The van der Waals surface area contributed by atoms with E-state index in [1.54, 1.807) is 0 Å². The number of halogens is 1. The highest BCUT2D eigenvalue weighted by Crippen LogP contribution is 2.40. The third kappa shape index (κ3) is 4.99. The van der Waals surface area contributed by atoms with Crippen LogP contribution in [0.4, 0.5) is 4.79 Å². The Morgan fingerprint density at radius 1 is 1.20 bits per heavy atom. The molecule has 0 aromatic heterocycles. The van der Waals surface area contributed by atoms with Gasteiger partial charge in [-0.1, -0.05) is 28.1 Å². The summed E-state index contributed by atoms with van der Waals surface area (Å²) in [5.74, 6) is -0.492. The molecular formula is C18H27BBrNO4. The van der Waals surface area contributed by atoms with E-state index < -0.39 is 36.0 Å². The van der Waals surface area contributed by atoms with Gasteiger partial charge in [0.05, 0.1) is 17.1 Å². The van der Waals surface area contributed by atoms with Crippen molar-refractivity contribution in [2.45, 2.75) is 71.2 Å². The molecule has 138 valence electrons. The van der Waals surface area contributed by atoms with E-state index in [1.807, 2.05) is 72.7 Å². The van der Waals surface area contributed by atoms with E-state index in [4.69, 9.17) is 14.0 Å². The predicted octanol–water partition coefficient (Wildman–Crippen LogP) is 4.65. The molecule has 1 aliphatic heterocycles. The van der Waals surface area contributed by atoms with Gasteiger partial charge in [0.15, 0.2) is 0 Å². The highest BCUT2D eigenvalue weighted by atomic mass is 79.9. The molecule has 0 aliphatic carbocycles. The highest BCUT2D eigenvalue weighted by molar-refractivity contribution is 9.10. The number of alkyl carbamates (subject to hydrolysis) is 1. The maximum atomic E-state index is 12.4. The Morgan fingerprint density at radius 3 is 2.24 bits per heavy atom. The van der Waals surface area contributed by atoms with Crippen molar-refractivity contribution in [3.63, 3.8) is 0 Å². The zero-order chi connectivity index (χ0) is 19.0. The SMILES string of the molecule is CC(C)(C)OC(=O)N[C@H](B1OC(C)(C)C(C)(C)O1)c1cccc(Br)c1. The van der Waals surface area contributed by atoms with Crippen LogP contribution in [0.2, 0.25) is 0 Å². The Bertz CT molecular complexity index is 626. The van der Waals surface area contributed by atoms with Gasteiger partial charge < -0.3 is 19.4 Å². The lowest BCUT2D eigenvalue weighted by atomic mass is 9.74. The van der Waals surface area contributed by atoms with Crippen LogP contribution < -0.4 is 5.32 Å². The number of nitrogens with one attached hydrogen (secondary N) is 1. The molecule has 1 aromatic carbocycles. The minimum absolute atomic E-state index is 0.489. The zero-order valence-electron chi connectivity index (χ0n) is 16.0. The number of hydrogen-bond donors (Lipinski definition) is 1. The van der Waals surface area contributed by atoms with Crippen molar-refractivity contribution in [2.75, 3.05) is 0 Å². The highest BCUT2D eigenvalue weighted by Gasteiger charge is 2.54. The molecule has 5 nitrogen and oxygen atoms in total. The van der Waals surface area contributed by atoms with Crippen LogP contribution in [0.1, 0.15) is 60.0 Å². The van der Waals surface area contributed by atoms with E-state index in [-0.39, 0.29) is 0 Å². The number of carbonyl (C=O) groups is 1. The molecule has 0 bridgehead atoms. The average molecular weight is 412 g/mol. The summed E-state index contributed by atoms with van der Waals surface area (Å²) in [5, 5.41) is 2.90. The lowest BCUT2D eigenvalue weighted by Crippen LogP contribution is -2.43. The summed E-state index contributed by atoms with van der Waals surface area (Å²) in [7, 11) is -0.619. The Balaban J connectivity index is 2.29. The normalized spacial score (nSPS) is 20.2. The van der Waals surface area contributed by atoms with Crippen LogP contribution in [-0.2, 0) is 14.0 Å². The third-order valence-corrected chi connectivity index (χ3v) is 4.92. The fraction of sp³-hybridized carbons (Fsp3) is 0.611. The first kappa shape index (κ1) is 20.3. The summed E-state index contributed by atoms with van der Waals surface area (Å²) < 4.78 is 18.6. The maximum absolute atomic E-state index is 12.4. The number of benzene rings is 1. The number of ether oxygens (including phenoxy) is 1. The van der Waals surface area contributed by atoms with Gasteiger partial charge >= 0.3 is 13.2 Å². The van der Waals surface area contributed by atoms with Crippen LogP contribution in [0.5, 0.6) is 0 Å². The van der Waals surface area contributed by atoms with E-state index in [0.717, 1.165) is 10.0 Å². The van der Waals surface area contributed by atoms with E-state index in [9.17, 15) is 4.79 Å². The van der Waals surface area contributed by atoms with Crippen LogP contribution in [0.25, 0.3) is 0 Å². The van der Waals surface area contributed by atoms with Gasteiger partial charge in [-0.2, -0.15) is 0 Å². The number of hydrogen-bond acceptors (Lipinski definition) is 4. The Labute approximate surface area is 159 Å². The number of carbonyl (C=O) groups excluding carboxylic acids is 1. The van der Waals surface area contributed by atoms with Crippen LogP contribution in [0.3, 0.4) is 0 Å². The van der Waals surface area contributed by atoms with Gasteiger partial charge in [-0.05, 0) is 66.2 Å². The van der Waals surface area contributed by atoms with Crippen LogP contribution in [0, 0.1) is 0 Å². The lowest BCUT2D eigenvalue weighted by molar-refractivity contribution is 0.00578. The van der Waals surface area contributed by atoms with Crippen molar-refractivity contribution in [1.29, 1.82) is 0 Å². The fourth-order valence-electron chi connectivity index (χ4n) is 2.47. The molecule has 1 saturated heterocycles. The van der Waals surface area contributed by atoms with Crippen molar-refractivity contribution in [1.82, 2.24) is 5.32 Å². The van der Waals surface area contributed by atoms with E-state index in [1.165, 1.54) is 0 Å². The molecule has 1 atom stereocenters. The molecule has 0 unspecified atom stereocenters. The summed E-state index contributed by atoms with van der Waals surface area (Å²) in [4.78, 5) is 12.4. The molecule has 0 saturated carbocycles. The predicted molar refractivity (Wildman–Crippen MR) is 102 cm³/mol. The molecule has 1 amide bonds. The lowest BCUT2D eigenvalue weighted by Gasteiger charge is -2.32. The molecule has 1 N–H and O–H groups in total. The third-order valence-electron chi connectivity index (χ3n) is 4.42. The van der Waals surface area contributed by atoms with Crippen LogP contribution in [0.15, 0.2) is 28.7 Å². The summed E-state index contributed by atoms with van der Waals surface area (Å²) >= 11 is 3.47. The first-order valence-corrected chi connectivity index (χ1v) is 9.21. The summed E-state index contributed by atoms with van der Waals surface area (Å²) in [5.41, 5.74) is -0.685. The Kier molecular flexibility index (Phi) is 5.62. The van der Waals surface area contributed by atoms with Gasteiger partial charge in [0.1, 0.15) is 5.60 Å². The topological polar surface area (TPSA) is 56.8 Å². The second-order valence-corrected chi connectivity index (χ2v) is 9.22. The smallest absolute Gasteiger partial charge is 0.444 e. The van der Waals surface area contributed by atoms with Gasteiger partial charge in [0, 0.05) is 4.47 Å². The molecule has 1 aliphatic rings. The largest absolute Gasteiger partial charge is 0.486 e. The Hall–Kier alpha value is -1.05. The molecule has 1 fully saturated rings. The summed E-state index contributed by atoms with van der Waals surface area (Å²) in [6, 6.07) is 7.71. The molecule has 1 heterocycles. The van der Waals surface area contributed by atoms with Crippen molar-refractivity contribution < 1.29 is 18.8 Å². The summed E-state index contributed by atoms with van der Waals surface area (Å²) in [6.45, 7) is 13.4. The minimum atomic E-state index is -0.619. The molecular weight excluding hydrogens is 385 g/mol. The molecule has 7 heteroatoms. The molecule has 0 radical (unpaired) electrons. The molecule has 2 rings (SSSR count). The second-order valence-electron chi connectivity index (χ2n) is 8.30. The van der Waals surface area contributed by atoms with Gasteiger partial charge in [0.2, 0.25) is 0 Å². The molecule has 1 aromatic rings. The maximum Gasteiger partial charge on any atom is 0.486 e. The number of amides is 1. The number of rotatable bonds is 3. The fourth-order valence-corrected chi connectivity index (χ4v) is 2.88. The van der Waals surface area contributed by atoms with Crippen molar-refractivity contribution in [3.05, 3.63) is 34.3 Å². The van der Waals surface area contributed by atoms with E-state index in [0.29, 0.717) is 0 Å². The van der Waals surface area contributed by atoms with Gasteiger partial charge in [0.25, 0.3) is 0 Å². The average Bonchev–Trinajstić information content (AvgIpc) is 2.62. The van der Waals surface area contributed by atoms with E-state index >= 15 is 0 Å². The summed E-state index contributed by atoms with van der Waals surface area (Å²) in [6.07, 6.45) is -0.507. The first-order valence-electron chi connectivity index (χ1n) is 8.41. The zero-order valence-corrected chi connectivity index (χ0v) is 17.6. The van der Waals surface area contributed by atoms with Gasteiger partial charge in [-0.15, -0.1) is 0 Å². The quantitative estimate of drug-likeness (QED) is 0.735. The first-order chi connectivity index (χ1) is 11.3.